The minimum Gasteiger partial charge on any atom is -0.460 e. The summed E-state index contributed by atoms with van der Waals surface area (Å²) in [7, 11) is 0. The van der Waals surface area contributed by atoms with E-state index in [0.29, 0.717) is 12.0 Å². The molecule has 4 heterocycles. The molecule has 4 rings (SSSR count). The van der Waals surface area contributed by atoms with Crippen LogP contribution in [-0.2, 0) is 9.53 Å². The summed E-state index contributed by atoms with van der Waals surface area (Å²) in [5, 5.41) is 0. The Kier molecular flexibility index (Phi) is 3.12. The van der Waals surface area contributed by atoms with Gasteiger partial charge in [0.1, 0.15) is 6.10 Å². The molecule has 0 spiro atoms. The minimum atomic E-state index is 0.0912. The van der Waals surface area contributed by atoms with Gasteiger partial charge in [-0.2, -0.15) is 0 Å². The van der Waals surface area contributed by atoms with Crippen molar-refractivity contribution in [3.63, 3.8) is 0 Å². The number of piperidine rings is 3. The van der Waals surface area contributed by atoms with Crippen molar-refractivity contribution in [3.8, 4) is 0 Å². The number of esters is 1. The molecule has 0 aliphatic carbocycles. The molecule has 3 atom stereocenters. The van der Waals surface area contributed by atoms with Gasteiger partial charge in [-0.1, -0.05) is 19.8 Å². The lowest BCUT2D eigenvalue weighted by Gasteiger charge is -2.53. The lowest BCUT2D eigenvalue weighted by atomic mass is 9.75. The van der Waals surface area contributed by atoms with Crippen molar-refractivity contribution < 1.29 is 9.53 Å². The molecule has 0 aromatic carbocycles. The van der Waals surface area contributed by atoms with Crippen LogP contribution >= 0.6 is 0 Å². The van der Waals surface area contributed by atoms with E-state index < -0.39 is 0 Å². The van der Waals surface area contributed by atoms with Crippen LogP contribution in [0.4, 0.5) is 0 Å². The van der Waals surface area contributed by atoms with Crippen molar-refractivity contribution in [1.29, 1.82) is 0 Å². The van der Waals surface area contributed by atoms with Gasteiger partial charge in [0.05, 0.1) is 5.92 Å². The number of unbranched alkanes of at least 4 members (excludes halogenated alkanes) is 1. The van der Waals surface area contributed by atoms with Gasteiger partial charge in [0, 0.05) is 6.04 Å². The quantitative estimate of drug-likeness (QED) is 0.705. The molecule has 4 fully saturated rings. The number of fused-ring (bicyclic) bond motifs is 2. The van der Waals surface area contributed by atoms with E-state index in [0.717, 1.165) is 19.3 Å². The molecule has 0 amide bonds. The van der Waals surface area contributed by atoms with Gasteiger partial charge in [-0.25, -0.2) is 0 Å². The number of carbonyl (C=O) groups is 1. The normalized spacial score (nSPS) is 44.3. The van der Waals surface area contributed by atoms with E-state index in [1.807, 2.05) is 0 Å². The molecule has 3 unspecified atom stereocenters. The van der Waals surface area contributed by atoms with E-state index in [2.05, 4.69) is 11.8 Å². The summed E-state index contributed by atoms with van der Waals surface area (Å²) >= 11 is 0. The van der Waals surface area contributed by atoms with E-state index in [1.54, 1.807) is 0 Å². The van der Waals surface area contributed by atoms with Gasteiger partial charge in [0.25, 0.3) is 0 Å². The molecule has 4 aliphatic heterocycles. The second kappa shape index (κ2) is 4.60. The first-order chi connectivity index (χ1) is 8.29. The highest BCUT2D eigenvalue weighted by molar-refractivity contribution is 5.73. The molecule has 96 valence electrons. The third-order valence-corrected chi connectivity index (χ3v) is 4.90. The highest BCUT2D eigenvalue weighted by Crippen LogP contribution is 2.41. The van der Waals surface area contributed by atoms with E-state index in [1.165, 1.54) is 32.4 Å². The zero-order chi connectivity index (χ0) is 11.8. The molecular weight excluding hydrogens is 214 g/mol. The molecule has 17 heavy (non-hydrogen) atoms. The SMILES string of the molecule is CCCCC1CC2C(OC1=O)C1CCN2CC1. The molecule has 0 radical (unpaired) electrons. The first-order valence-electron chi connectivity index (χ1n) is 7.24. The van der Waals surface area contributed by atoms with Crippen LogP contribution < -0.4 is 0 Å². The maximum absolute atomic E-state index is 12.0. The van der Waals surface area contributed by atoms with E-state index in [4.69, 9.17) is 4.74 Å². The van der Waals surface area contributed by atoms with Crippen LogP contribution in [0.15, 0.2) is 0 Å². The summed E-state index contributed by atoms with van der Waals surface area (Å²) in [6.07, 6.45) is 7.09. The first kappa shape index (κ1) is 11.5. The Balaban J connectivity index is 1.69. The summed E-state index contributed by atoms with van der Waals surface area (Å²) in [5.74, 6) is 0.921. The van der Waals surface area contributed by atoms with Crippen LogP contribution in [0.2, 0.25) is 0 Å². The number of hydrogen-bond acceptors (Lipinski definition) is 3. The van der Waals surface area contributed by atoms with Gasteiger partial charge in [-0.3, -0.25) is 9.69 Å². The third-order valence-electron chi connectivity index (χ3n) is 4.90. The summed E-state index contributed by atoms with van der Waals surface area (Å²) in [6.45, 7) is 4.64. The molecule has 0 N–H and O–H groups in total. The van der Waals surface area contributed by atoms with Crippen molar-refractivity contribution in [3.05, 3.63) is 0 Å². The van der Waals surface area contributed by atoms with Gasteiger partial charge >= 0.3 is 5.97 Å². The largest absolute Gasteiger partial charge is 0.460 e. The molecule has 3 nitrogen and oxygen atoms in total. The van der Waals surface area contributed by atoms with Gasteiger partial charge in [-0.15, -0.1) is 0 Å². The van der Waals surface area contributed by atoms with Crippen LogP contribution in [-0.4, -0.2) is 36.1 Å². The molecular formula is C14H23NO2. The van der Waals surface area contributed by atoms with Crippen molar-refractivity contribution in [2.24, 2.45) is 11.8 Å². The third kappa shape index (κ3) is 1.99. The summed E-state index contributed by atoms with van der Waals surface area (Å²) < 4.78 is 5.75. The highest BCUT2D eigenvalue weighted by Gasteiger charge is 2.49. The second-order valence-electron chi connectivity index (χ2n) is 5.92. The predicted octanol–water partition coefficient (Wildman–Crippen LogP) is 2.20. The fraction of sp³-hybridized carbons (Fsp3) is 0.929. The van der Waals surface area contributed by atoms with Crippen molar-refractivity contribution in [1.82, 2.24) is 4.90 Å². The lowest BCUT2D eigenvalue weighted by Crippen LogP contribution is -2.62. The van der Waals surface area contributed by atoms with E-state index >= 15 is 0 Å². The van der Waals surface area contributed by atoms with Crippen LogP contribution in [0.3, 0.4) is 0 Å². The molecule has 0 aromatic heterocycles. The highest BCUT2D eigenvalue weighted by atomic mass is 16.5. The lowest BCUT2D eigenvalue weighted by molar-refractivity contribution is -0.186. The summed E-state index contributed by atoms with van der Waals surface area (Å²) in [5.41, 5.74) is 0. The summed E-state index contributed by atoms with van der Waals surface area (Å²) in [6, 6.07) is 0.544. The zero-order valence-corrected chi connectivity index (χ0v) is 10.7. The molecule has 0 saturated carbocycles. The van der Waals surface area contributed by atoms with Crippen molar-refractivity contribution in [2.75, 3.05) is 13.1 Å². The fourth-order valence-electron chi connectivity index (χ4n) is 3.86. The van der Waals surface area contributed by atoms with Crippen LogP contribution in [0.1, 0.15) is 45.4 Å². The number of carbonyl (C=O) groups excluding carboxylic acids is 1. The van der Waals surface area contributed by atoms with Crippen LogP contribution in [0.25, 0.3) is 0 Å². The second-order valence-corrected chi connectivity index (χ2v) is 5.92. The van der Waals surface area contributed by atoms with Crippen LogP contribution in [0.5, 0.6) is 0 Å². The van der Waals surface area contributed by atoms with E-state index in [9.17, 15) is 4.79 Å². The Morgan fingerprint density at radius 2 is 2.12 bits per heavy atom. The Morgan fingerprint density at radius 3 is 2.82 bits per heavy atom. The van der Waals surface area contributed by atoms with Crippen molar-refractivity contribution in [2.45, 2.75) is 57.6 Å². The van der Waals surface area contributed by atoms with Gasteiger partial charge < -0.3 is 4.74 Å². The Morgan fingerprint density at radius 1 is 1.35 bits per heavy atom. The number of rotatable bonds is 3. The Labute approximate surface area is 104 Å². The van der Waals surface area contributed by atoms with Crippen molar-refractivity contribution >= 4 is 5.97 Å². The number of nitrogens with zero attached hydrogens (tertiary/aromatic N) is 1. The number of hydrogen-bond donors (Lipinski definition) is 0. The topological polar surface area (TPSA) is 29.5 Å². The van der Waals surface area contributed by atoms with E-state index in [-0.39, 0.29) is 18.0 Å². The zero-order valence-electron chi connectivity index (χ0n) is 10.7. The fourth-order valence-corrected chi connectivity index (χ4v) is 3.86. The smallest absolute Gasteiger partial charge is 0.309 e. The molecule has 3 heteroatoms. The Bertz CT molecular complexity index is 297. The Hall–Kier alpha value is -0.570. The van der Waals surface area contributed by atoms with Gasteiger partial charge in [-0.05, 0) is 44.7 Å². The predicted molar refractivity (Wildman–Crippen MR) is 65.6 cm³/mol. The maximum atomic E-state index is 12.0. The molecule has 0 aromatic rings. The monoisotopic (exact) mass is 237 g/mol. The average Bonchev–Trinajstić information content (AvgIpc) is 2.38. The first-order valence-corrected chi connectivity index (χ1v) is 7.24. The molecule has 2 bridgehead atoms. The van der Waals surface area contributed by atoms with Crippen LogP contribution in [0, 0.1) is 11.8 Å². The maximum Gasteiger partial charge on any atom is 0.309 e. The molecule has 4 saturated heterocycles. The average molecular weight is 237 g/mol. The number of ether oxygens (including phenoxy) is 1. The standard InChI is InChI=1S/C14H23NO2/c1-2-3-4-11-9-12-13(17-14(11)16)10-5-7-15(12)8-6-10/h10-13H,2-9H2,1H3. The summed E-state index contributed by atoms with van der Waals surface area (Å²) in [4.78, 5) is 14.6. The molecule has 4 aliphatic rings. The minimum absolute atomic E-state index is 0.0912. The van der Waals surface area contributed by atoms with Gasteiger partial charge in [0.15, 0.2) is 0 Å². The van der Waals surface area contributed by atoms with Gasteiger partial charge in [0.2, 0.25) is 0 Å².